The Labute approximate surface area is 114 Å². The first-order valence-corrected chi connectivity index (χ1v) is 8.26. The molecule has 0 aliphatic heterocycles. The molecule has 5 nitrogen and oxygen atoms in total. The van der Waals surface area contributed by atoms with Crippen LogP contribution in [0.2, 0.25) is 0 Å². The largest absolute Gasteiger partial charge is 0.464 e. The maximum Gasteiger partial charge on any atom is 0.246 e. The van der Waals surface area contributed by atoms with E-state index in [2.05, 4.69) is 6.92 Å². The molecule has 1 aromatic rings. The SMILES string of the molecule is CCCCN(C1CC1)S(=O)(=O)c1cc(CN)oc1C. The third-order valence-corrected chi connectivity index (χ3v) is 5.46. The van der Waals surface area contributed by atoms with E-state index in [0.717, 1.165) is 25.7 Å². The molecular weight excluding hydrogens is 264 g/mol. The van der Waals surface area contributed by atoms with Gasteiger partial charge in [-0.2, -0.15) is 4.31 Å². The van der Waals surface area contributed by atoms with Crippen LogP contribution in [0.4, 0.5) is 0 Å². The summed E-state index contributed by atoms with van der Waals surface area (Å²) >= 11 is 0. The molecule has 2 rings (SSSR count). The summed E-state index contributed by atoms with van der Waals surface area (Å²) in [5.41, 5.74) is 5.50. The molecule has 0 amide bonds. The number of hydrogen-bond acceptors (Lipinski definition) is 4. The second-order valence-corrected chi connectivity index (χ2v) is 6.90. The normalized spacial score (nSPS) is 16.2. The lowest BCUT2D eigenvalue weighted by atomic mass is 10.3. The van der Waals surface area contributed by atoms with Crippen LogP contribution in [0.5, 0.6) is 0 Å². The maximum atomic E-state index is 12.7. The van der Waals surface area contributed by atoms with Gasteiger partial charge in [-0.25, -0.2) is 8.42 Å². The van der Waals surface area contributed by atoms with Crippen molar-refractivity contribution in [3.63, 3.8) is 0 Å². The number of rotatable bonds is 7. The van der Waals surface area contributed by atoms with Crippen LogP contribution < -0.4 is 5.73 Å². The average molecular weight is 286 g/mol. The molecule has 1 aromatic heterocycles. The fourth-order valence-electron chi connectivity index (χ4n) is 2.18. The van der Waals surface area contributed by atoms with E-state index in [1.165, 1.54) is 0 Å². The molecule has 6 heteroatoms. The van der Waals surface area contributed by atoms with Crippen molar-refractivity contribution in [3.8, 4) is 0 Å². The van der Waals surface area contributed by atoms with E-state index in [1.54, 1.807) is 17.3 Å². The Kier molecular flexibility index (Phi) is 4.32. The van der Waals surface area contributed by atoms with Gasteiger partial charge in [0.15, 0.2) is 0 Å². The van der Waals surface area contributed by atoms with Crippen molar-refractivity contribution < 1.29 is 12.8 Å². The van der Waals surface area contributed by atoms with Crippen molar-refractivity contribution in [1.29, 1.82) is 0 Å². The van der Waals surface area contributed by atoms with Crippen molar-refractivity contribution in [2.45, 2.75) is 57.0 Å². The molecule has 1 aliphatic rings. The molecule has 0 atom stereocenters. The molecule has 2 N–H and O–H groups in total. The number of unbranched alkanes of at least 4 members (excludes halogenated alkanes) is 1. The van der Waals surface area contributed by atoms with Gasteiger partial charge >= 0.3 is 0 Å². The summed E-state index contributed by atoms with van der Waals surface area (Å²) in [4.78, 5) is 0.274. The zero-order valence-corrected chi connectivity index (χ0v) is 12.4. The fourth-order valence-corrected chi connectivity index (χ4v) is 4.09. The van der Waals surface area contributed by atoms with Crippen molar-refractivity contribution >= 4 is 10.0 Å². The van der Waals surface area contributed by atoms with Crippen molar-refractivity contribution in [2.75, 3.05) is 6.54 Å². The summed E-state index contributed by atoms with van der Waals surface area (Å²) in [7, 11) is -3.45. The summed E-state index contributed by atoms with van der Waals surface area (Å²) < 4.78 is 32.4. The highest BCUT2D eigenvalue weighted by atomic mass is 32.2. The van der Waals surface area contributed by atoms with E-state index < -0.39 is 10.0 Å². The lowest BCUT2D eigenvalue weighted by Crippen LogP contribution is -2.34. The van der Waals surface area contributed by atoms with Crippen molar-refractivity contribution in [2.24, 2.45) is 5.73 Å². The van der Waals surface area contributed by atoms with Gasteiger partial charge in [0.2, 0.25) is 10.0 Å². The van der Waals surface area contributed by atoms with Crippen LogP contribution in [0.25, 0.3) is 0 Å². The third-order valence-electron chi connectivity index (χ3n) is 3.40. The topological polar surface area (TPSA) is 76.5 Å². The summed E-state index contributed by atoms with van der Waals surface area (Å²) in [6, 6.07) is 1.73. The molecule has 1 fully saturated rings. The van der Waals surface area contributed by atoms with E-state index in [0.29, 0.717) is 18.1 Å². The quantitative estimate of drug-likeness (QED) is 0.831. The summed E-state index contributed by atoms with van der Waals surface area (Å²) in [6.45, 7) is 4.55. The van der Waals surface area contributed by atoms with Gasteiger partial charge < -0.3 is 10.2 Å². The van der Waals surface area contributed by atoms with E-state index in [9.17, 15) is 8.42 Å². The highest BCUT2D eigenvalue weighted by molar-refractivity contribution is 7.89. The van der Waals surface area contributed by atoms with Crippen LogP contribution in [0.1, 0.15) is 44.1 Å². The summed E-state index contributed by atoms with van der Waals surface area (Å²) in [5.74, 6) is 0.949. The van der Waals surface area contributed by atoms with Gasteiger partial charge in [-0.15, -0.1) is 0 Å². The third kappa shape index (κ3) is 3.01. The molecule has 0 spiro atoms. The van der Waals surface area contributed by atoms with Crippen LogP contribution in [-0.4, -0.2) is 25.3 Å². The monoisotopic (exact) mass is 286 g/mol. The molecule has 0 unspecified atom stereocenters. The first kappa shape index (κ1) is 14.6. The highest BCUT2D eigenvalue weighted by Gasteiger charge is 2.39. The molecule has 1 aliphatic carbocycles. The number of nitrogens with two attached hydrogens (primary N) is 1. The van der Waals surface area contributed by atoms with Crippen LogP contribution in [0.15, 0.2) is 15.4 Å². The highest BCUT2D eigenvalue weighted by Crippen LogP contribution is 2.34. The van der Waals surface area contributed by atoms with Crippen molar-refractivity contribution in [3.05, 3.63) is 17.6 Å². The number of nitrogens with zero attached hydrogens (tertiary/aromatic N) is 1. The zero-order valence-electron chi connectivity index (χ0n) is 11.6. The second-order valence-electron chi connectivity index (χ2n) is 5.04. The molecular formula is C13H22N2O3S. The van der Waals surface area contributed by atoms with Crippen LogP contribution >= 0.6 is 0 Å². The van der Waals surface area contributed by atoms with Gasteiger partial charge in [-0.05, 0) is 26.2 Å². The summed E-state index contributed by atoms with van der Waals surface area (Å²) in [5, 5.41) is 0. The summed E-state index contributed by atoms with van der Waals surface area (Å²) in [6.07, 6.45) is 3.79. The molecule has 0 radical (unpaired) electrons. The minimum absolute atomic E-state index is 0.173. The van der Waals surface area contributed by atoms with Gasteiger partial charge in [0.25, 0.3) is 0 Å². The molecule has 0 bridgehead atoms. The Morgan fingerprint density at radius 1 is 1.47 bits per heavy atom. The number of furan rings is 1. The standard InChI is InChI=1S/C13H22N2O3S/c1-3-4-7-15(11-5-6-11)19(16,17)13-8-12(9-14)18-10(13)2/h8,11H,3-7,9,14H2,1-2H3. The predicted octanol–water partition coefficient (Wildman–Crippen LogP) is 2.00. The van der Waals surface area contributed by atoms with Gasteiger partial charge in [-0.1, -0.05) is 13.3 Å². The Hall–Kier alpha value is -0.850. The molecule has 108 valence electrons. The predicted molar refractivity (Wildman–Crippen MR) is 73.2 cm³/mol. The van der Waals surface area contributed by atoms with E-state index >= 15 is 0 Å². The Morgan fingerprint density at radius 3 is 2.63 bits per heavy atom. The number of hydrogen-bond donors (Lipinski definition) is 1. The number of aryl methyl sites for hydroxylation is 1. The van der Waals surface area contributed by atoms with E-state index in [4.69, 9.17) is 10.2 Å². The minimum Gasteiger partial charge on any atom is -0.464 e. The first-order chi connectivity index (χ1) is 9.00. The smallest absolute Gasteiger partial charge is 0.246 e. The van der Waals surface area contributed by atoms with Crippen molar-refractivity contribution in [1.82, 2.24) is 4.31 Å². The average Bonchev–Trinajstić information content (AvgIpc) is 3.11. The lowest BCUT2D eigenvalue weighted by Gasteiger charge is -2.21. The van der Waals surface area contributed by atoms with Gasteiger partial charge in [0, 0.05) is 18.7 Å². The number of sulfonamides is 1. The second kappa shape index (κ2) is 5.64. The van der Waals surface area contributed by atoms with E-state index in [1.807, 2.05) is 0 Å². The minimum atomic E-state index is -3.45. The lowest BCUT2D eigenvalue weighted by molar-refractivity contribution is 0.394. The van der Waals surface area contributed by atoms with Gasteiger partial charge in [0.05, 0.1) is 6.54 Å². The Morgan fingerprint density at radius 2 is 2.16 bits per heavy atom. The molecule has 0 aromatic carbocycles. The van der Waals surface area contributed by atoms with Crippen LogP contribution in [-0.2, 0) is 16.6 Å². The van der Waals surface area contributed by atoms with Gasteiger partial charge in [0.1, 0.15) is 16.4 Å². The van der Waals surface area contributed by atoms with E-state index in [-0.39, 0.29) is 17.5 Å². The molecule has 1 heterocycles. The first-order valence-electron chi connectivity index (χ1n) is 6.82. The fraction of sp³-hybridized carbons (Fsp3) is 0.692. The van der Waals surface area contributed by atoms with Crippen LogP contribution in [0.3, 0.4) is 0 Å². The molecule has 19 heavy (non-hydrogen) atoms. The molecule has 0 saturated heterocycles. The van der Waals surface area contributed by atoms with Crippen LogP contribution in [0, 0.1) is 6.92 Å². The zero-order chi connectivity index (χ0) is 14.0. The van der Waals surface area contributed by atoms with Gasteiger partial charge in [-0.3, -0.25) is 0 Å². The Bertz CT molecular complexity index is 532. The Balaban J connectivity index is 2.30. The molecule has 1 saturated carbocycles. The maximum absolute atomic E-state index is 12.7.